The van der Waals surface area contributed by atoms with Gasteiger partial charge in [-0.1, -0.05) is 60.7 Å². The standard InChI is InChI=1S/C25H17N3O3S/c29-23-20(32-25(31)28-23)14-15-10-12-17(13-11-15)26-22(16-6-2-1-3-7-16)21-18-8-4-5-9-19(18)27-24(21)30/h1-14,27,30H,(H,28,29,31)/b20-14-,26-22?. The molecule has 3 aromatic carbocycles. The summed E-state index contributed by atoms with van der Waals surface area (Å²) in [6.45, 7) is 0. The monoisotopic (exact) mass is 439 g/mol. The number of aliphatic imine (C=N–C) groups is 1. The molecular weight excluding hydrogens is 422 g/mol. The highest BCUT2D eigenvalue weighted by molar-refractivity contribution is 8.18. The molecule has 6 nitrogen and oxygen atoms in total. The molecule has 1 aliphatic heterocycles. The van der Waals surface area contributed by atoms with Crippen LogP contribution in [0, 0.1) is 0 Å². The summed E-state index contributed by atoms with van der Waals surface area (Å²) in [6.07, 6.45) is 1.67. The normalized spacial score (nSPS) is 15.5. The first-order chi connectivity index (χ1) is 15.6. The second kappa shape index (κ2) is 8.20. The van der Waals surface area contributed by atoms with E-state index >= 15 is 0 Å². The Balaban J connectivity index is 1.58. The topological polar surface area (TPSA) is 94.6 Å². The largest absolute Gasteiger partial charge is 0.494 e. The van der Waals surface area contributed by atoms with Crippen LogP contribution >= 0.6 is 11.8 Å². The lowest BCUT2D eigenvalue weighted by Crippen LogP contribution is -2.17. The lowest BCUT2D eigenvalue weighted by molar-refractivity contribution is -0.115. The van der Waals surface area contributed by atoms with Crippen LogP contribution in [0.15, 0.2) is 88.8 Å². The third kappa shape index (κ3) is 3.81. The van der Waals surface area contributed by atoms with Crippen molar-refractivity contribution in [3.63, 3.8) is 0 Å². The predicted octanol–water partition coefficient (Wildman–Crippen LogP) is 5.37. The van der Waals surface area contributed by atoms with Crippen molar-refractivity contribution >= 4 is 51.3 Å². The average molecular weight is 439 g/mol. The third-order valence-corrected chi connectivity index (χ3v) is 5.85. The fraction of sp³-hybridized carbons (Fsp3) is 0. The van der Waals surface area contributed by atoms with E-state index in [0.29, 0.717) is 21.9 Å². The lowest BCUT2D eigenvalue weighted by Gasteiger charge is -2.08. The predicted molar refractivity (Wildman–Crippen MR) is 127 cm³/mol. The highest BCUT2D eigenvalue weighted by Gasteiger charge is 2.25. The number of carbonyl (C=O) groups is 2. The highest BCUT2D eigenvalue weighted by atomic mass is 32.2. The number of fused-ring (bicyclic) bond motifs is 1. The second-order valence-corrected chi connectivity index (χ2v) is 8.18. The lowest BCUT2D eigenvalue weighted by atomic mass is 10.0. The SMILES string of the molecule is O=C1NC(=O)/C(=C/c2ccc(N=C(c3ccccc3)c3c(O)[nH]c4ccccc34)cc2)S1. The molecule has 0 spiro atoms. The number of benzene rings is 3. The number of aromatic amines is 1. The Hall–Kier alpha value is -4.10. The van der Waals surface area contributed by atoms with E-state index in [0.717, 1.165) is 33.8 Å². The number of rotatable bonds is 4. The minimum absolute atomic E-state index is 0.0593. The van der Waals surface area contributed by atoms with Crippen molar-refractivity contribution in [1.29, 1.82) is 0 Å². The summed E-state index contributed by atoms with van der Waals surface area (Å²) in [5, 5.41) is 13.4. The number of thioether (sulfide) groups is 1. The number of aromatic nitrogens is 1. The summed E-state index contributed by atoms with van der Waals surface area (Å²) < 4.78 is 0. The van der Waals surface area contributed by atoms with Crippen LogP contribution in [0.3, 0.4) is 0 Å². The molecule has 0 bridgehead atoms. The van der Waals surface area contributed by atoms with Gasteiger partial charge in [-0.05, 0) is 41.6 Å². The molecular formula is C25H17N3O3S. The molecule has 7 heteroatoms. The number of amides is 2. The van der Waals surface area contributed by atoms with Crippen molar-refractivity contribution in [2.75, 3.05) is 0 Å². The Kier molecular flexibility index (Phi) is 5.09. The molecule has 1 aromatic heterocycles. The van der Waals surface area contributed by atoms with Gasteiger partial charge < -0.3 is 10.1 Å². The van der Waals surface area contributed by atoms with E-state index in [4.69, 9.17) is 4.99 Å². The van der Waals surface area contributed by atoms with Gasteiger partial charge in [0.05, 0.1) is 21.9 Å². The Morgan fingerprint density at radius 3 is 2.34 bits per heavy atom. The summed E-state index contributed by atoms with van der Waals surface area (Å²) in [5.41, 5.74) is 4.45. The minimum atomic E-state index is -0.386. The number of imide groups is 1. The number of nitrogens with zero attached hydrogens (tertiary/aromatic N) is 1. The Morgan fingerprint density at radius 2 is 1.62 bits per heavy atom. The van der Waals surface area contributed by atoms with Gasteiger partial charge in [0, 0.05) is 16.5 Å². The van der Waals surface area contributed by atoms with Gasteiger partial charge >= 0.3 is 0 Å². The first-order valence-electron chi connectivity index (χ1n) is 9.87. The summed E-state index contributed by atoms with van der Waals surface area (Å²) >= 11 is 0.884. The third-order valence-electron chi connectivity index (χ3n) is 5.04. The number of hydrogen-bond acceptors (Lipinski definition) is 5. The van der Waals surface area contributed by atoms with Crippen molar-refractivity contribution in [3.8, 4) is 5.88 Å². The van der Waals surface area contributed by atoms with E-state index in [1.807, 2.05) is 78.9 Å². The van der Waals surface area contributed by atoms with Gasteiger partial charge in [0.2, 0.25) is 0 Å². The number of nitrogens with one attached hydrogen (secondary N) is 2. The molecule has 0 aliphatic carbocycles. The molecule has 3 N–H and O–H groups in total. The van der Waals surface area contributed by atoms with Crippen LogP contribution in [0.5, 0.6) is 5.88 Å². The highest BCUT2D eigenvalue weighted by Crippen LogP contribution is 2.32. The Labute approximate surface area is 187 Å². The molecule has 0 radical (unpaired) electrons. The van der Waals surface area contributed by atoms with E-state index in [2.05, 4.69) is 10.3 Å². The molecule has 1 fully saturated rings. The smallest absolute Gasteiger partial charge is 0.290 e. The second-order valence-electron chi connectivity index (χ2n) is 7.16. The van der Waals surface area contributed by atoms with E-state index in [9.17, 15) is 14.7 Å². The van der Waals surface area contributed by atoms with Gasteiger partial charge in [-0.25, -0.2) is 4.99 Å². The summed E-state index contributed by atoms with van der Waals surface area (Å²) in [5.74, 6) is -0.327. The van der Waals surface area contributed by atoms with Crippen molar-refractivity contribution in [2.45, 2.75) is 0 Å². The van der Waals surface area contributed by atoms with Crippen LogP contribution < -0.4 is 5.32 Å². The number of H-pyrrole nitrogens is 1. The van der Waals surface area contributed by atoms with Crippen LogP contribution in [0.4, 0.5) is 10.5 Å². The van der Waals surface area contributed by atoms with Gasteiger partial charge in [0.25, 0.3) is 11.1 Å². The minimum Gasteiger partial charge on any atom is -0.494 e. The maximum atomic E-state index is 11.8. The number of carbonyl (C=O) groups excluding carboxylic acids is 2. The zero-order chi connectivity index (χ0) is 22.1. The quantitative estimate of drug-likeness (QED) is 0.294. The average Bonchev–Trinajstić information content (AvgIpc) is 3.30. The molecule has 2 heterocycles. The molecule has 4 aromatic rings. The first-order valence-corrected chi connectivity index (χ1v) is 10.7. The summed E-state index contributed by atoms with van der Waals surface area (Å²) in [6, 6.07) is 24.7. The van der Waals surface area contributed by atoms with Crippen molar-refractivity contribution in [1.82, 2.24) is 10.3 Å². The van der Waals surface area contributed by atoms with Gasteiger partial charge in [-0.3, -0.25) is 14.9 Å². The number of aromatic hydroxyl groups is 1. The van der Waals surface area contributed by atoms with E-state index in [1.165, 1.54) is 0 Å². The Morgan fingerprint density at radius 1 is 0.906 bits per heavy atom. The van der Waals surface area contributed by atoms with Gasteiger partial charge in [-0.2, -0.15) is 0 Å². The van der Waals surface area contributed by atoms with E-state index in [-0.39, 0.29) is 17.0 Å². The number of para-hydroxylation sites is 1. The molecule has 32 heavy (non-hydrogen) atoms. The molecule has 1 saturated heterocycles. The molecule has 2 amide bonds. The van der Waals surface area contributed by atoms with Crippen molar-refractivity contribution < 1.29 is 14.7 Å². The van der Waals surface area contributed by atoms with Gasteiger partial charge in [-0.15, -0.1) is 0 Å². The number of hydrogen-bond donors (Lipinski definition) is 3. The molecule has 156 valence electrons. The van der Waals surface area contributed by atoms with E-state index < -0.39 is 0 Å². The summed E-state index contributed by atoms with van der Waals surface area (Å²) in [4.78, 5) is 31.3. The van der Waals surface area contributed by atoms with Crippen LogP contribution in [0.25, 0.3) is 17.0 Å². The van der Waals surface area contributed by atoms with Crippen molar-refractivity contribution in [3.05, 3.63) is 100 Å². The molecule has 5 rings (SSSR count). The fourth-order valence-electron chi connectivity index (χ4n) is 3.57. The van der Waals surface area contributed by atoms with Crippen LogP contribution in [0.1, 0.15) is 16.7 Å². The van der Waals surface area contributed by atoms with Gasteiger partial charge in [0.1, 0.15) is 0 Å². The maximum Gasteiger partial charge on any atom is 0.290 e. The van der Waals surface area contributed by atoms with E-state index in [1.54, 1.807) is 6.08 Å². The molecule has 0 unspecified atom stereocenters. The Bertz CT molecular complexity index is 1400. The van der Waals surface area contributed by atoms with Crippen LogP contribution in [-0.2, 0) is 4.79 Å². The maximum absolute atomic E-state index is 11.8. The van der Waals surface area contributed by atoms with Gasteiger partial charge in [0.15, 0.2) is 5.88 Å². The summed E-state index contributed by atoms with van der Waals surface area (Å²) in [7, 11) is 0. The molecule has 0 atom stereocenters. The van der Waals surface area contributed by atoms with Crippen LogP contribution in [0.2, 0.25) is 0 Å². The van der Waals surface area contributed by atoms with Crippen LogP contribution in [-0.4, -0.2) is 26.9 Å². The molecule has 0 saturated carbocycles. The molecule has 1 aliphatic rings. The zero-order valence-electron chi connectivity index (χ0n) is 16.7. The van der Waals surface area contributed by atoms with Crippen molar-refractivity contribution in [2.24, 2.45) is 4.99 Å². The first kappa shape index (κ1) is 19.8. The fourth-order valence-corrected chi connectivity index (χ4v) is 4.26. The zero-order valence-corrected chi connectivity index (χ0v) is 17.5.